The molecular formula is C25H16Cl2N4O3. The normalized spacial score (nSPS) is 12.7. The molecule has 0 fully saturated rings. The Balaban J connectivity index is 1.36. The van der Waals surface area contributed by atoms with E-state index in [0.717, 1.165) is 10.5 Å². The molecule has 0 spiro atoms. The van der Waals surface area contributed by atoms with Crippen LogP contribution >= 0.6 is 23.2 Å². The number of halogens is 2. The summed E-state index contributed by atoms with van der Waals surface area (Å²) in [6.45, 7) is 0.379. The maximum Gasteiger partial charge on any atom is 0.266 e. The molecule has 0 saturated carbocycles. The summed E-state index contributed by atoms with van der Waals surface area (Å²) in [5, 5.41) is 7.88. The van der Waals surface area contributed by atoms with Crippen molar-refractivity contribution in [1.82, 2.24) is 9.78 Å². The zero-order valence-electron chi connectivity index (χ0n) is 17.5. The number of nitrogens with one attached hydrogen (secondary N) is 1. The van der Waals surface area contributed by atoms with Gasteiger partial charge in [-0.3, -0.25) is 19.1 Å². The van der Waals surface area contributed by atoms with Crippen LogP contribution in [0.1, 0.15) is 36.6 Å². The average Bonchev–Trinajstić information content (AvgIpc) is 3.31. The smallest absolute Gasteiger partial charge is 0.266 e. The van der Waals surface area contributed by atoms with Gasteiger partial charge in [-0.15, -0.1) is 0 Å². The molecule has 2 heterocycles. The van der Waals surface area contributed by atoms with E-state index in [9.17, 15) is 14.4 Å². The summed E-state index contributed by atoms with van der Waals surface area (Å²) >= 11 is 12.5. The fourth-order valence-electron chi connectivity index (χ4n) is 3.75. The Bertz CT molecular complexity index is 1430. The van der Waals surface area contributed by atoms with Crippen molar-refractivity contribution in [2.45, 2.75) is 6.54 Å². The summed E-state index contributed by atoms with van der Waals surface area (Å²) < 4.78 is 1.58. The molecule has 5 rings (SSSR count). The van der Waals surface area contributed by atoms with Crippen molar-refractivity contribution in [1.29, 1.82) is 0 Å². The molecule has 168 valence electrons. The van der Waals surface area contributed by atoms with Gasteiger partial charge in [0.05, 0.1) is 23.4 Å². The van der Waals surface area contributed by atoms with Crippen molar-refractivity contribution in [2.24, 2.45) is 0 Å². The zero-order chi connectivity index (χ0) is 23.8. The van der Waals surface area contributed by atoms with E-state index in [4.69, 9.17) is 23.2 Å². The van der Waals surface area contributed by atoms with Gasteiger partial charge < -0.3 is 5.32 Å². The number of amides is 3. The van der Waals surface area contributed by atoms with Crippen molar-refractivity contribution < 1.29 is 14.4 Å². The standard InChI is InChI=1S/C25H16Cl2N4O3/c26-20-11-4-1-6-16(20)13-30-14-21(27)22(29-30)28-23(32)15-7-5-8-17(12-15)31-24(33)18-9-2-3-10-19(18)25(31)34/h1-12,14H,13H2,(H,28,29,32). The second-order valence-corrected chi connectivity index (χ2v) is 8.42. The van der Waals surface area contributed by atoms with Crippen molar-refractivity contribution >= 4 is 52.4 Å². The number of rotatable bonds is 5. The lowest BCUT2D eigenvalue weighted by Crippen LogP contribution is -2.29. The predicted molar refractivity (Wildman–Crippen MR) is 130 cm³/mol. The third-order valence-corrected chi connectivity index (χ3v) is 6.05. The third-order valence-electron chi connectivity index (χ3n) is 5.40. The second-order valence-electron chi connectivity index (χ2n) is 7.61. The Morgan fingerprint density at radius 3 is 2.24 bits per heavy atom. The van der Waals surface area contributed by atoms with Gasteiger partial charge in [0.15, 0.2) is 5.82 Å². The highest BCUT2D eigenvalue weighted by Crippen LogP contribution is 2.29. The van der Waals surface area contributed by atoms with Gasteiger partial charge in [-0.1, -0.05) is 59.6 Å². The van der Waals surface area contributed by atoms with Gasteiger partial charge >= 0.3 is 0 Å². The van der Waals surface area contributed by atoms with Crippen LogP contribution in [0, 0.1) is 0 Å². The fourth-order valence-corrected chi connectivity index (χ4v) is 4.15. The Kier molecular flexibility index (Phi) is 5.65. The molecule has 7 nitrogen and oxygen atoms in total. The Labute approximate surface area is 204 Å². The van der Waals surface area contributed by atoms with Crippen molar-refractivity contribution in [3.63, 3.8) is 0 Å². The molecule has 9 heteroatoms. The molecule has 4 aromatic rings. The van der Waals surface area contributed by atoms with Crippen molar-refractivity contribution in [3.05, 3.63) is 111 Å². The molecule has 1 aliphatic heterocycles. The lowest BCUT2D eigenvalue weighted by atomic mass is 10.1. The summed E-state index contributed by atoms with van der Waals surface area (Å²) in [5.74, 6) is -1.16. The Morgan fingerprint density at radius 2 is 1.53 bits per heavy atom. The number of carbonyl (C=O) groups excluding carboxylic acids is 3. The molecule has 1 aliphatic rings. The zero-order valence-corrected chi connectivity index (χ0v) is 19.0. The Morgan fingerprint density at radius 1 is 0.853 bits per heavy atom. The molecule has 1 N–H and O–H groups in total. The van der Waals surface area contributed by atoms with E-state index in [0.29, 0.717) is 28.4 Å². The second kappa shape index (κ2) is 8.78. The van der Waals surface area contributed by atoms with Gasteiger partial charge in [-0.2, -0.15) is 5.10 Å². The minimum Gasteiger partial charge on any atom is -0.304 e. The number of hydrogen-bond acceptors (Lipinski definition) is 4. The van der Waals surface area contributed by atoms with Gasteiger partial charge in [0.2, 0.25) is 0 Å². The molecule has 3 amide bonds. The molecule has 34 heavy (non-hydrogen) atoms. The lowest BCUT2D eigenvalue weighted by molar-refractivity contribution is 0.0924. The highest BCUT2D eigenvalue weighted by molar-refractivity contribution is 6.35. The van der Waals surface area contributed by atoms with Crippen LogP contribution in [0.15, 0.2) is 79.0 Å². The number of nitrogens with zero attached hydrogens (tertiary/aromatic N) is 3. The largest absolute Gasteiger partial charge is 0.304 e. The fraction of sp³-hybridized carbons (Fsp3) is 0.0400. The summed E-state index contributed by atoms with van der Waals surface area (Å²) in [6, 6.07) is 20.2. The van der Waals surface area contributed by atoms with Gasteiger partial charge in [-0.25, -0.2) is 4.90 Å². The molecule has 0 aliphatic carbocycles. The lowest BCUT2D eigenvalue weighted by Gasteiger charge is -2.15. The van der Waals surface area contributed by atoms with E-state index >= 15 is 0 Å². The van der Waals surface area contributed by atoms with E-state index in [1.807, 2.05) is 18.2 Å². The minimum absolute atomic E-state index is 0.185. The van der Waals surface area contributed by atoms with Crippen LogP contribution in [0.3, 0.4) is 0 Å². The number of imide groups is 1. The highest BCUT2D eigenvalue weighted by Gasteiger charge is 2.36. The Hall–Kier alpha value is -3.94. The van der Waals surface area contributed by atoms with Crippen LogP contribution in [-0.4, -0.2) is 27.5 Å². The first-order chi connectivity index (χ1) is 16.4. The van der Waals surface area contributed by atoms with Crippen molar-refractivity contribution in [3.8, 4) is 0 Å². The van der Waals surface area contributed by atoms with E-state index in [2.05, 4.69) is 10.4 Å². The van der Waals surface area contributed by atoms with Gasteiger partial charge in [0, 0.05) is 16.8 Å². The predicted octanol–water partition coefficient (Wildman–Crippen LogP) is 5.29. The van der Waals surface area contributed by atoms with Crippen LogP contribution in [0.5, 0.6) is 0 Å². The molecule has 1 aromatic heterocycles. The number of hydrogen-bond donors (Lipinski definition) is 1. The molecule has 0 bridgehead atoms. The van der Waals surface area contributed by atoms with Gasteiger partial charge in [0.1, 0.15) is 5.02 Å². The van der Waals surface area contributed by atoms with Crippen LogP contribution in [-0.2, 0) is 6.54 Å². The molecule has 0 unspecified atom stereocenters. The minimum atomic E-state index is -0.483. The summed E-state index contributed by atoms with van der Waals surface area (Å²) in [5.41, 5.74) is 2.06. The highest BCUT2D eigenvalue weighted by atomic mass is 35.5. The van der Waals surface area contributed by atoms with Crippen LogP contribution < -0.4 is 10.2 Å². The number of fused-ring (bicyclic) bond motifs is 1. The molecule has 3 aromatic carbocycles. The van der Waals surface area contributed by atoms with E-state index < -0.39 is 17.7 Å². The number of aromatic nitrogens is 2. The first-order valence-corrected chi connectivity index (χ1v) is 11.0. The quantitative estimate of drug-likeness (QED) is 0.385. The van der Waals surface area contributed by atoms with E-state index in [1.165, 1.54) is 6.07 Å². The number of anilines is 2. The van der Waals surface area contributed by atoms with E-state index in [-0.39, 0.29) is 16.4 Å². The maximum atomic E-state index is 12.9. The third kappa shape index (κ3) is 3.96. The monoisotopic (exact) mass is 490 g/mol. The summed E-state index contributed by atoms with van der Waals surface area (Å²) in [7, 11) is 0. The maximum absolute atomic E-state index is 12.9. The molecule has 0 radical (unpaired) electrons. The molecule has 0 atom stereocenters. The molecule has 0 saturated heterocycles. The molecular weight excluding hydrogens is 475 g/mol. The van der Waals surface area contributed by atoms with Gasteiger partial charge in [-0.05, 0) is 42.0 Å². The number of benzene rings is 3. The van der Waals surface area contributed by atoms with Gasteiger partial charge in [0.25, 0.3) is 17.7 Å². The first-order valence-electron chi connectivity index (χ1n) is 10.3. The van der Waals surface area contributed by atoms with Crippen LogP contribution in [0.25, 0.3) is 0 Å². The summed E-state index contributed by atoms with van der Waals surface area (Å²) in [6.07, 6.45) is 1.59. The van der Waals surface area contributed by atoms with Crippen LogP contribution in [0.2, 0.25) is 10.0 Å². The van der Waals surface area contributed by atoms with E-state index in [1.54, 1.807) is 59.4 Å². The van der Waals surface area contributed by atoms with Crippen LogP contribution in [0.4, 0.5) is 11.5 Å². The SMILES string of the molecule is O=C(Nc1nn(Cc2ccccc2Cl)cc1Cl)c1cccc(N2C(=O)c3ccccc3C2=O)c1. The number of carbonyl (C=O) groups is 3. The first kappa shape index (κ1) is 21.9. The average molecular weight is 491 g/mol. The topological polar surface area (TPSA) is 84.3 Å². The van der Waals surface area contributed by atoms with Crippen molar-refractivity contribution in [2.75, 3.05) is 10.2 Å². The summed E-state index contributed by atoms with van der Waals surface area (Å²) in [4.78, 5) is 39.5.